The fourth-order valence-electron chi connectivity index (χ4n) is 1.58. The molecule has 0 atom stereocenters. The SMILES string of the molecule is CCO/C(CC)=C(\C(=O)O)C(=O)c1cc(Br)cnc1Cl. The summed E-state index contributed by atoms with van der Waals surface area (Å²) in [6, 6.07) is 1.43. The van der Waals surface area contributed by atoms with Gasteiger partial charge in [-0.2, -0.15) is 0 Å². The largest absolute Gasteiger partial charge is 0.497 e. The predicted molar refractivity (Wildman–Crippen MR) is 77.9 cm³/mol. The van der Waals surface area contributed by atoms with Crippen molar-refractivity contribution < 1.29 is 19.4 Å². The summed E-state index contributed by atoms with van der Waals surface area (Å²) in [6.45, 7) is 3.70. The standard InChI is InChI=1S/C13H13BrClNO4/c1-3-9(20-4-2)10(13(18)19)11(17)8-5-7(14)6-16-12(8)15/h5-6H,3-4H2,1-2H3,(H,18,19)/b10-9-. The Kier molecular flexibility index (Phi) is 6.16. The minimum Gasteiger partial charge on any atom is -0.497 e. The lowest BCUT2D eigenvalue weighted by Gasteiger charge is -2.11. The number of halogens is 2. The van der Waals surface area contributed by atoms with Gasteiger partial charge in [0.25, 0.3) is 0 Å². The fourth-order valence-corrected chi connectivity index (χ4v) is 2.11. The third-order valence-electron chi connectivity index (χ3n) is 2.41. The molecule has 0 radical (unpaired) electrons. The van der Waals surface area contributed by atoms with E-state index in [4.69, 9.17) is 16.3 Å². The smallest absolute Gasteiger partial charge is 0.343 e. The number of carbonyl (C=O) groups excluding carboxylic acids is 1. The van der Waals surface area contributed by atoms with E-state index in [9.17, 15) is 14.7 Å². The molecule has 0 bridgehead atoms. The van der Waals surface area contributed by atoms with Crippen molar-refractivity contribution in [3.8, 4) is 0 Å². The van der Waals surface area contributed by atoms with E-state index in [2.05, 4.69) is 20.9 Å². The number of hydrogen-bond acceptors (Lipinski definition) is 4. The number of carboxylic acid groups (broad SMARTS) is 1. The lowest BCUT2D eigenvalue weighted by molar-refractivity contribution is -0.132. The van der Waals surface area contributed by atoms with Crippen LogP contribution in [0.5, 0.6) is 0 Å². The van der Waals surface area contributed by atoms with Crippen LogP contribution in [0, 0.1) is 0 Å². The Labute approximate surface area is 129 Å². The normalized spacial score (nSPS) is 11.8. The number of pyridine rings is 1. The lowest BCUT2D eigenvalue weighted by atomic mass is 10.0. The first-order chi connectivity index (χ1) is 9.42. The molecule has 0 aliphatic carbocycles. The monoisotopic (exact) mass is 361 g/mol. The molecule has 1 N–H and O–H groups in total. The van der Waals surface area contributed by atoms with Crippen LogP contribution in [0.25, 0.3) is 0 Å². The molecule has 1 heterocycles. The number of carbonyl (C=O) groups is 2. The van der Waals surface area contributed by atoms with Gasteiger partial charge in [-0.1, -0.05) is 18.5 Å². The summed E-state index contributed by atoms with van der Waals surface area (Å²) in [5.74, 6) is -1.95. The van der Waals surface area contributed by atoms with Gasteiger partial charge < -0.3 is 9.84 Å². The van der Waals surface area contributed by atoms with Crippen molar-refractivity contribution in [1.82, 2.24) is 4.98 Å². The molecular weight excluding hydrogens is 350 g/mol. The maximum absolute atomic E-state index is 12.4. The number of ether oxygens (including phenoxy) is 1. The Morgan fingerprint density at radius 3 is 2.60 bits per heavy atom. The van der Waals surface area contributed by atoms with Gasteiger partial charge in [0.2, 0.25) is 5.78 Å². The second-order valence-corrected chi connectivity index (χ2v) is 4.98. The van der Waals surface area contributed by atoms with Crippen molar-refractivity contribution in [2.75, 3.05) is 6.61 Å². The maximum atomic E-state index is 12.4. The van der Waals surface area contributed by atoms with Gasteiger partial charge in [0, 0.05) is 17.1 Å². The Hall–Kier alpha value is -1.40. The zero-order valence-electron chi connectivity index (χ0n) is 10.9. The van der Waals surface area contributed by atoms with E-state index in [0.29, 0.717) is 10.9 Å². The minimum atomic E-state index is -1.35. The lowest BCUT2D eigenvalue weighted by Crippen LogP contribution is -2.17. The van der Waals surface area contributed by atoms with Crippen molar-refractivity contribution in [3.05, 3.63) is 38.8 Å². The number of carboxylic acids is 1. The minimum absolute atomic E-state index is 0.0177. The number of rotatable bonds is 6. The second kappa shape index (κ2) is 7.40. The zero-order chi connectivity index (χ0) is 15.3. The van der Waals surface area contributed by atoms with Crippen LogP contribution in [-0.2, 0) is 9.53 Å². The van der Waals surface area contributed by atoms with Gasteiger partial charge in [-0.15, -0.1) is 0 Å². The van der Waals surface area contributed by atoms with Gasteiger partial charge in [0.15, 0.2) is 0 Å². The third kappa shape index (κ3) is 3.80. The first kappa shape index (κ1) is 16.7. The van der Waals surface area contributed by atoms with E-state index >= 15 is 0 Å². The number of aromatic nitrogens is 1. The van der Waals surface area contributed by atoms with Crippen LogP contribution < -0.4 is 0 Å². The van der Waals surface area contributed by atoms with E-state index < -0.39 is 17.3 Å². The molecule has 108 valence electrons. The second-order valence-electron chi connectivity index (χ2n) is 3.71. The molecule has 1 aromatic heterocycles. The highest BCUT2D eigenvalue weighted by atomic mass is 79.9. The predicted octanol–water partition coefficient (Wildman–Crippen LogP) is 3.47. The number of Topliss-reactive ketones (excluding diaryl/α,β-unsaturated/α-hetero) is 1. The number of nitrogens with zero attached hydrogens (tertiary/aromatic N) is 1. The van der Waals surface area contributed by atoms with Crippen LogP contribution in [0.2, 0.25) is 5.15 Å². The highest BCUT2D eigenvalue weighted by Crippen LogP contribution is 2.23. The average molecular weight is 363 g/mol. The summed E-state index contributed by atoms with van der Waals surface area (Å²) in [6.07, 6.45) is 1.72. The summed E-state index contributed by atoms with van der Waals surface area (Å²) in [5.41, 5.74) is -0.403. The Bertz CT molecular complexity index is 571. The molecule has 1 aromatic rings. The van der Waals surface area contributed by atoms with E-state index in [-0.39, 0.29) is 23.1 Å². The molecule has 1 rings (SSSR count). The van der Waals surface area contributed by atoms with E-state index in [1.807, 2.05) is 0 Å². The van der Waals surface area contributed by atoms with Crippen molar-refractivity contribution in [3.63, 3.8) is 0 Å². The molecule has 0 amide bonds. The van der Waals surface area contributed by atoms with Crippen LogP contribution >= 0.6 is 27.5 Å². The third-order valence-corrected chi connectivity index (χ3v) is 3.14. The van der Waals surface area contributed by atoms with E-state index in [1.165, 1.54) is 12.3 Å². The summed E-state index contributed by atoms with van der Waals surface area (Å²) in [4.78, 5) is 27.5. The van der Waals surface area contributed by atoms with E-state index in [1.54, 1.807) is 13.8 Å². The van der Waals surface area contributed by atoms with Crippen molar-refractivity contribution in [2.45, 2.75) is 20.3 Å². The van der Waals surface area contributed by atoms with Crippen LogP contribution in [0.4, 0.5) is 0 Å². The molecule has 20 heavy (non-hydrogen) atoms. The van der Waals surface area contributed by atoms with Crippen LogP contribution in [-0.4, -0.2) is 28.4 Å². The average Bonchev–Trinajstić information content (AvgIpc) is 2.40. The number of allylic oxidation sites excluding steroid dienone is 1. The summed E-state index contributed by atoms with van der Waals surface area (Å²) in [7, 11) is 0. The van der Waals surface area contributed by atoms with Gasteiger partial charge in [-0.25, -0.2) is 9.78 Å². The molecule has 0 spiro atoms. The Balaban J connectivity index is 3.39. The molecule has 5 nitrogen and oxygen atoms in total. The van der Waals surface area contributed by atoms with Crippen molar-refractivity contribution in [2.24, 2.45) is 0 Å². The highest BCUT2D eigenvalue weighted by molar-refractivity contribution is 9.10. The molecule has 0 unspecified atom stereocenters. The molecule has 0 aliphatic rings. The molecule has 0 saturated heterocycles. The first-order valence-corrected chi connectivity index (χ1v) is 7.04. The summed E-state index contributed by atoms with van der Waals surface area (Å²) in [5, 5.41) is 9.21. The zero-order valence-corrected chi connectivity index (χ0v) is 13.3. The topological polar surface area (TPSA) is 76.5 Å². The molecular formula is C13H13BrClNO4. The molecule has 0 aromatic carbocycles. The van der Waals surface area contributed by atoms with Gasteiger partial charge in [0.1, 0.15) is 16.5 Å². The van der Waals surface area contributed by atoms with Gasteiger partial charge >= 0.3 is 5.97 Å². The number of ketones is 1. The molecule has 0 saturated carbocycles. The first-order valence-electron chi connectivity index (χ1n) is 5.87. The number of hydrogen-bond donors (Lipinski definition) is 1. The quantitative estimate of drug-likeness (QED) is 0.209. The summed E-state index contributed by atoms with van der Waals surface area (Å²) >= 11 is 9.02. The van der Waals surface area contributed by atoms with Crippen molar-refractivity contribution in [1.29, 1.82) is 0 Å². The Morgan fingerprint density at radius 1 is 1.45 bits per heavy atom. The molecule has 0 fully saturated rings. The number of aliphatic carboxylic acids is 1. The van der Waals surface area contributed by atoms with Crippen molar-refractivity contribution >= 4 is 39.3 Å². The van der Waals surface area contributed by atoms with Gasteiger partial charge in [-0.3, -0.25) is 4.79 Å². The van der Waals surface area contributed by atoms with Crippen LogP contribution in [0.3, 0.4) is 0 Å². The van der Waals surface area contributed by atoms with Crippen LogP contribution in [0.1, 0.15) is 30.6 Å². The van der Waals surface area contributed by atoms with Gasteiger partial charge in [-0.05, 0) is 28.9 Å². The Morgan fingerprint density at radius 2 is 2.10 bits per heavy atom. The highest BCUT2D eigenvalue weighted by Gasteiger charge is 2.26. The molecule has 7 heteroatoms. The molecule has 0 aliphatic heterocycles. The maximum Gasteiger partial charge on any atom is 0.343 e. The fraction of sp³-hybridized carbons (Fsp3) is 0.308. The van der Waals surface area contributed by atoms with Crippen LogP contribution in [0.15, 0.2) is 28.1 Å². The summed E-state index contributed by atoms with van der Waals surface area (Å²) < 4.78 is 5.76. The van der Waals surface area contributed by atoms with Gasteiger partial charge in [0.05, 0.1) is 12.2 Å². The van der Waals surface area contributed by atoms with E-state index in [0.717, 1.165) is 0 Å².